The number of carbonyl (C=O) groups excluding carboxylic acids is 1. The van der Waals surface area contributed by atoms with Crippen molar-refractivity contribution in [2.24, 2.45) is 0 Å². The molecule has 3 aromatic carbocycles. The minimum atomic E-state index is -1.17. The highest BCUT2D eigenvalue weighted by atomic mass is 16.3. The number of ketones is 1. The van der Waals surface area contributed by atoms with Crippen LogP contribution in [0.5, 0.6) is 0 Å². The minimum Gasteiger partial charge on any atom is -0.380 e. The number of hydrogen-bond donors (Lipinski definition) is 1. The summed E-state index contributed by atoms with van der Waals surface area (Å²) in [6.07, 6.45) is -0.336. The Morgan fingerprint density at radius 1 is 0.889 bits per heavy atom. The molecule has 0 aliphatic rings. The van der Waals surface area contributed by atoms with Crippen molar-refractivity contribution < 1.29 is 9.90 Å². The molecule has 0 heterocycles. The lowest BCUT2D eigenvalue weighted by Gasteiger charge is -2.18. The first-order valence-electron chi connectivity index (χ1n) is 9.17. The molecular formula is C24H25NO2. The lowest BCUT2D eigenvalue weighted by molar-refractivity contribution is 0.0748. The number of benzene rings is 3. The molecule has 0 amide bonds. The van der Waals surface area contributed by atoms with Gasteiger partial charge in [0.05, 0.1) is 0 Å². The highest BCUT2D eigenvalue weighted by Gasteiger charge is 2.23. The van der Waals surface area contributed by atoms with Gasteiger partial charge < -0.3 is 10.0 Å². The van der Waals surface area contributed by atoms with Gasteiger partial charge in [0.15, 0.2) is 5.78 Å². The van der Waals surface area contributed by atoms with Crippen LogP contribution in [-0.2, 0) is 6.42 Å². The summed E-state index contributed by atoms with van der Waals surface area (Å²) in [5.41, 5.74) is 4.20. The summed E-state index contributed by atoms with van der Waals surface area (Å²) in [5, 5.41) is 10.7. The van der Waals surface area contributed by atoms with Crippen molar-refractivity contribution in [1.29, 1.82) is 0 Å². The highest BCUT2D eigenvalue weighted by molar-refractivity contribution is 6.05. The molecule has 1 N–H and O–H groups in total. The zero-order valence-corrected chi connectivity index (χ0v) is 15.8. The van der Waals surface area contributed by atoms with Crippen molar-refractivity contribution >= 4 is 5.78 Å². The predicted octanol–water partition coefficient (Wildman–Crippen LogP) is 4.37. The van der Waals surface area contributed by atoms with Crippen molar-refractivity contribution in [3.05, 3.63) is 95.6 Å². The lowest BCUT2D eigenvalue weighted by atomic mass is 9.88. The van der Waals surface area contributed by atoms with Crippen LogP contribution in [0.3, 0.4) is 0 Å². The van der Waals surface area contributed by atoms with Crippen LogP contribution in [0.2, 0.25) is 0 Å². The fraction of sp³-hybridized carbons (Fsp3) is 0.208. The van der Waals surface area contributed by atoms with E-state index in [-0.39, 0.29) is 5.78 Å². The molecular weight excluding hydrogens is 334 g/mol. The van der Waals surface area contributed by atoms with E-state index in [0.717, 1.165) is 29.7 Å². The first kappa shape index (κ1) is 19.0. The molecule has 0 aromatic heterocycles. The number of likely N-dealkylation sites (N-methyl/N-ethyl adjacent to an activating group) is 1. The molecule has 3 heteroatoms. The summed E-state index contributed by atoms with van der Waals surface area (Å²) in [6.45, 7) is 0.888. The maximum absolute atomic E-state index is 13.2. The quantitative estimate of drug-likeness (QED) is 0.637. The average Bonchev–Trinajstić information content (AvgIpc) is 2.72. The molecule has 0 radical (unpaired) electrons. The number of aliphatic hydroxyl groups is 1. The summed E-state index contributed by atoms with van der Waals surface area (Å²) < 4.78 is 0. The molecule has 1 atom stereocenters. The fourth-order valence-corrected chi connectivity index (χ4v) is 3.24. The summed E-state index contributed by atoms with van der Waals surface area (Å²) >= 11 is 0. The van der Waals surface area contributed by atoms with Gasteiger partial charge >= 0.3 is 0 Å². The van der Waals surface area contributed by atoms with Crippen molar-refractivity contribution in [2.45, 2.75) is 12.5 Å². The van der Waals surface area contributed by atoms with E-state index >= 15 is 0 Å². The number of aliphatic hydroxyl groups excluding tert-OH is 1. The Bertz CT molecular complexity index is 889. The number of Topliss-reactive ketones (excluding diaryl/α,β-unsaturated/α-hetero) is 1. The predicted molar refractivity (Wildman–Crippen MR) is 110 cm³/mol. The van der Waals surface area contributed by atoms with Gasteiger partial charge in [-0.1, -0.05) is 78.9 Å². The Balaban J connectivity index is 2.06. The van der Waals surface area contributed by atoms with Crippen molar-refractivity contribution in [3.63, 3.8) is 0 Å². The third kappa shape index (κ3) is 4.51. The molecule has 0 saturated carbocycles. The van der Waals surface area contributed by atoms with E-state index in [2.05, 4.69) is 11.0 Å². The normalized spacial score (nSPS) is 12.1. The van der Waals surface area contributed by atoms with Crippen LogP contribution in [0.25, 0.3) is 11.1 Å². The summed E-state index contributed by atoms with van der Waals surface area (Å²) in [7, 11) is 4.08. The Kier molecular flexibility index (Phi) is 6.17. The third-order valence-electron chi connectivity index (χ3n) is 4.67. The number of hydrogen-bond acceptors (Lipinski definition) is 3. The van der Waals surface area contributed by atoms with Gasteiger partial charge in [0, 0.05) is 12.1 Å². The Morgan fingerprint density at radius 2 is 1.52 bits per heavy atom. The third-order valence-corrected chi connectivity index (χ3v) is 4.67. The number of carbonyl (C=O) groups is 1. The van der Waals surface area contributed by atoms with Crippen LogP contribution in [-0.4, -0.2) is 36.4 Å². The molecule has 3 nitrogen and oxygen atoms in total. The molecule has 0 saturated heterocycles. The molecule has 3 aromatic rings. The minimum absolute atomic E-state index is 0.272. The molecule has 0 fully saturated rings. The molecule has 1 unspecified atom stereocenters. The Hall–Kier alpha value is -2.75. The second-order valence-corrected chi connectivity index (χ2v) is 6.94. The van der Waals surface area contributed by atoms with Crippen LogP contribution in [0, 0.1) is 0 Å². The van der Waals surface area contributed by atoms with Gasteiger partial charge in [-0.2, -0.15) is 0 Å². The second-order valence-electron chi connectivity index (χ2n) is 6.94. The van der Waals surface area contributed by atoms with Gasteiger partial charge in [-0.25, -0.2) is 0 Å². The van der Waals surface area contributed by atoms with E-state index in [9.17, 15) is 9.90 Å². The van der Waals surface area contributed by atoms with Gasteiger partial charge in [-0.05, 0) is 42.8 Å². The van der Waals surface area contributed by atoms with Crippen LogP contribution < -0.4 is 0 Å². The molecule has 0 aliphatic heterocycles. The molecule has 3 rings (SSSR count). The van der Waals surface area contributed by atoms with Gasteiger partial charge in [0.25, 0.3) is 0 Å². The van der Waals surface area contributed by atoms with Crippen LogP contribution in [0.4, 0.5) is 0 Å². The SMILES string of the molecule is CN(C)CCc1cccc(C(=O)C(O)c2ccccc2)c1-c1ccccc1. The van der Waals surface area contributed by atoms with Crippen molar-refractivity contribution in [2.75, 3.05) is 20.6 Å². The van der Waals surface area contributed by atoms with E-state index in [0.29, 0.717) is 11.1 Å². The van der Waals surface area contributed by atoms with E-state index < -0.39 is 6.10 Å². The maximum atomic E-state index is 13.2. The molecule has 27 heavy (non-hydrogen) atoms. The molecule has 138 valence electrons. The standard InChI is InChI=1S/C24H25NO2/c1-25(2)17-16-19-14-9-15-21(22(19)18-10-5-3-6-11-18)24(27)23(26)20-12-7-4-8-13-20/h3-15,23,26H,16-17H2,1-2H3. The molecule has 0 aliphatic carbocycles. The zero-order chi connectivity index (χ0) is 19.2. The van der Waals surface area contributed by atoms with E-state index in [1.807, 2.05) is 74.8 Å². The Morgan fingerprint density at radius 3 is 2.15 bits per heavy atom. The van der Waals surface area contributed by atoms with Crippen LogP contribution >= 0.6 is 0 Å². The average molecular weight is 359 g/mol. The number of rotatable bonds is 7. The Labute approximate surface area is 160 Å². The maximum Gasteiger partial charge on any atom is 0.196 e. The zero-order valence-electron chi connectivity index (χ0n) is 15.8. The van der Waals surface area contributed by atoms with E-state index in [1.54, 1.807) is 12.1 Å². The first-order valence-corrected chi connectivity index (χ1v) is 9.17. The number of nitrogens with zero attached hydrogens (tertiary/aromatic N) is 1. The molecule has 0 spiro atoms. The van der Waals surface area contributed by atoms with Gasteiger partial charge in [-0.15, -0.1) is 0 Å². The second kappa shape index (κ2) is 8.76. The van der Waals surface area contributed by atoms with Crippen LogP contribution in [0.1, 0.15) is 27.6 Å². The fourth-order valence-electron chi connectivity index (χ4n) is 3.24. The van der Waals surface area contributed by atoms with Crippen LogP contribution in [0.15, 0.2) is 78.9 Å². The van der Waals surface area contributed by atoms with Crippen molar-refractivity contribution in [1.82, 2.24) is 4.90 Å². The van der Waals surface area contributed by atoms with E-state index in [4.69, 9.17) is 0 Å². The lowest BCUT2D eigenvalue weighted by Crippen LogP contribution is -2.17. The largest absolute Gasteiger partial charge is 0.380 e. The van der Waals surface area contributed by atoms with E-state index in [1.165, 1.54) is 0 Å². The van der Waals surface area contributed by atoms with Crippen molar-refractivity contribution in [3.8, 4) is 11.1 Å². The summed E-state index contributed by atoms with van der Waals surface area (Å²) in [6, 6.07) is 24.8. The smallest absolute Gasteiger partial charge is 0.196 e. The highest BCUT2D eigenvalue weighted by Crippen LogP contribution is 2.31. The summed E-state index contributed by atoms with van der Waals surface area (Å²) in [5.74, 6) is -0.272. The molecule has 0 bridgehead atoms. The van der Waals surface area contributed by atoms with Gasteiger partial charge in [0.1, 0.15) is 6.10 Å². The topological polar surface area (TPSA) is 40.5 Å². The summed E-state index contributed by atoms with van der Waals surface area (Å²) in [4.78, 5) is 15.3. The monoisotopic (exact) mass is 359 g/mol. The van der Waals surface area contributed by atoms with Gasteiger partial charge in [0.2, 0.25) is 0 Å². The first-order chi connectivity index (χ1) is 13.1. The van der Waals surface area contributed by atoms with Gasteiger partial charge in [-0.3, -0.25) is 4.79 Å².